The van der Waals surface area contributed by atoms with E-state index in [1.165, 1.54) is 5.56 Å². The third-order valence-electron chi connectivity index (χ3n) is 2.74. The standard InChI is InChI=1S/C11H16N2O/c1-12-7-10-8-3-2-4-11(14)9(8)5-6-13-10/h2-4,10,12-14H,5-7H2,1H3. The molecule has 1 unspecified atom stereocenters. The average Bonchev–Trinajstić information content (AvgIpc) is 2.20. The van der Waals surface area contributed by atoms with E-state index in [4.69, 9.17) is 0 Å². The second kappa shape index (κ2) is 3.98. The molecule has 1 aliphatic rings. The Labute approximate surface area is 84.1 Å². The summed E-state index contributed by atoms with van der Waals surface area (Å²) in [6, 6.07) is 6.09. The maximum absolute atomic E-state index is 9.69. The Bertz CT molecular complexity index is 325. The monoisotopic (exact) mass is 192 g/mol. The minimum Gasteiger partial charge on any atom is -0.508 e. The van der Waals surface area contributed by atoms with Gasteiger partial charge in [0.1, 0.15) is 5.75 Å². The number of rotatable bonds is 2. The lowest BCUT2D eigenvalue weighted by Gasteiger charge is -2.27. The van der Waals surface area contributed by atoms with E-state index in [1.54, 1.807) is 6.07 Å². The van der Waals surface area contributed by atoms with E-state index in [2.05, 4.69) is 16.7 Å². The number of nitrogens with one attached hydrogen (secondary N) is 2. The number of phenols is 1. The zero-order chi connectivity index (χ0) is 9.97. The smallest absolute Gasteiger partial charge is 0.119 e. The highest BCUT2D eigenvalue weighted by Gasteiger charge is 2.20. The molecule has 0 amide bonds. The van der Waals surface area contributed by atoms with Crippen LogP contribution in [0.5, 0.6) is 5.75 Å². The number of likely N-dealkylation sites (N-methyl/N-ethyl adjacent to an activating group) is 1. The van der Waals surface area contributed by atoms with E-state index in [-0.39, 0.29) is 0 Å². The van der Waals surface area contributed by atoms with Crippen molar-refractivity contribution in [3.8, 4) is 5.75 Å². The molecule has 1 aliphatic heterocycles. The molecular weight excluding hydrogens is 176 g/mol. The maximum atomic E-state index is 9.69. The zero-order valence-corrected chi connectivity index (χ0v) is 8.38. The highest BCUT2D eigenvalue weighted by molar-refractivity contribution is 5.42. The summed E-state index contributed by atoms with van der Waals surface area (Å²) >= 11 is 0. The first kappa shape index (κ1) is 9.49. The molecule has 0 bridgehead atoms. The molecule has 0 saturated carbocycles. The number of hydrogen-bond acceptors (Lipinski definition) is 3. The van der Waals surface area contributed by atoms with Gasteiger partial charge >= 0.3 is 0 Å². The van der Waals surface area contributed by atoms with E-state index in [1.807, 2.05) is 13.1 Å². The molecule has 0 radical (unpaired) electrons. The van der Waals surface area contributed by atoms with Gasteiger partial charge in [0.25, 0.3) is 0 Å². The van der Waals surface area contributed by atoms with Crippen molar-refractivity contribution in [1.29, 1.82) is 0 Å². The fourth-order valence-corrected chi connectivity index (χ4v) is 2.06. The van der Waals surface area contributed by atoms with Crippen molar-refractivity contribution >= 4 is 0 Å². The summed E-state index contributed by atoms with van der Waals surface area (Å²) in [7, 11) is 1.94. The normalized spacial score (nSPS) is 20.5. The number of phenolic OH excluding ortho intramolecular Hbond substituents is 1. The first-order chi connectivity index (χ1) is 6.83. The van der Waals surface area contributed by atoms with Crippen molar-refractivity contribution in [3.05, 3.63) is 29.3 Å². The highest BCUT2D eigenvalue weighted by atomic mass is 16.3. The molecule has 1 atom stereocenters. The summed E-state index contributed by atoms with van der Waals surface area (Å²) < 4.78 is 0. The molecule has 1 heterocycles. The van der Waals surface area contributed by atoms with Crippen molar-refractivity contribution in [1.82, 2.24) is 10.6 Å². The van der Waals surface area contributed by atoms with Crippen LogP contribution in [0.25, 0.3) is 0 Å². The van der Waals surface area contributed by atoms with Crippen LogP contribution in [0.15, 0.2) is 18.2 Å². The van der Waals surface area contributed by atoms with Gasteiger partial charge in [0, 0.05) is 12.6 Å². The fraction of sp³-hybridized carbons (Fsp3) is 0.455. The lowest BCUT2D eigenvalue weighted by atomic mass is 9.93. The predicted octanol–water partition coefficient (Wildman–Crippen LogP) is 0.798. The lowest BCUT2D eigenvalue weighted by molar-refractivity contribution is 0.441. The van der Waals surface area contributed by atoms with E-state index in [0.717, 1.165) is 25.1 Å². The number of fused-ring (bicyclic) bond motifs is 1. The minimum absolute atomic E-state index is 0.329. The van der Waals surface area contributed by atoms with Gasteiger partial charge in [0.05, 0.1) is 0 Å². The van der Waals surface area contributed by atoms with E-state index in [0.29, 0.717) is 11.8 Å². The van der Waals surface area contributed by atoms with Gasteiger partial charge < -0.3 is 15.7 Å². The molecule has 14 heavy (non-hydrogen) atoms. The molecule has 0 saturated heterocycles. The Morgan fingerprint density at radius 2 is 2.43 bits per heavy atom. The molecule has 3 nitrogen and oxygen atoms in total. The summed E-state index contributed by atoms with van der Waals surface area (Å²) in [5.74, 6) is 0.435. The van der Waals surface area contributed by atoms with Crippen LogP contribution in [0.3, 0.4) is 0 Å². The first-order valence-corrected chi connectivity index (χ1v) is 5.01. The van der Waals surface area contributed by atoms with Gasteiger partial charge in [-0.15, -0.1) is 0 Å². The topological polar surface area (TPSA) is 44.3 Å². The largest absolute Gasteiger partial charge is 0.508 e. The zero-order valence-electron chi connectivity index (χ0n) is 8.38. The summed E-state index contributed by atoms with van der Waals surface area (Å²) in [6.07, 6.45) is 0.919. The van der Waals surface area contributed by atoms with E-state index < -0.39 is 0 Å². The molecule has 1 aromatic carbocycles. The predicted molar refractivity (Wildman–Crippen MR) is 56.5 cm³/mol. The van der Waals surface area contributed by atoms with Gasteiger partial charge in [0.2, 0.25) is 0 Å². The van der Waals surface area contributed by atoms with Crippen LogP contribution in [-0.4, -0.2) is 25.2 Å². The molecule has 3 heteroatoms. The maximum Gasteiger partial charge on any atom is 0.119 e. The molecule has 0 fully saturated rings. The Hall–Kier alpha value is -1.06. The van der Waals surface area contributed by atoms with Crippen molar-refractivity contribution in [2.24, 2.45) is 0 Å². The summed E-state index contributed by atoms with van der Waals surface area (Å²) in [6.45, 7) is 1.84. The molecule has 1 aromatic rings. The van der Waals surface area contributed by atoms with Gasteiger partial charge in [0.15, 0.2) is 0 Å². The van der Waals surface area contributed by atoms with Gasteiger partial charge in [-0.3, -0.25) is 0 Å². The van der Waals surface area contributed by atoms with Crippen molar-refractivity contribution in [2.45, 2.75) is 12.5 Å². The third kappa shape index (κ3) is 1.61. The van der Waals surface area contributed by atoms with Gasteiger partial charge in [-0.1, -0.05) is 12.1 Å². The van der Waals surface area contributed by atoms with Crippen molar-refractivity contribution < 1.29 is 5.11 Å². The lowest BCUT2D eigenvalue weighted by Crippen LogP contribution is -2.35. The van der Waals surface area contributed by atoms with E-state index in [9.17, 15) is 5.11 Å². The second-order valence-corrected chi connectivity index (χ2v) is 3.66. The Kier molecular flexibility index (Phi) is 2.70. The molecule has 3 N–H and O–H groups in total. The molecule has 0 spiro atoms. The Morgan fingerprint density at radius 1 is 1.57 bits per heavy atom. The number of aromatic hydroxyl groups is 1. The van der Waals surface area contributed by atoms with Crippen LogP contribution >= 0.6 is 0 Å². The first-order valence-electron chi connectivity index (χ1n) is 5.01. The molecule has 2 rings (SSSR count). The van der Waals surface area contributed by atoms with Crippen LogP contribution in [0.4, 0.5) is 0 Å². The Morgan fingerprint density at radius 3 is 3.21 bits per heavy atom. The van der Waals surface area contributed by atoms with Crippen LogP contribution in [0.1, 0.15) is 17.2 Å². The van der Waals surface area contributed by atoms with Crippen LogP contribution < -0.4 is 10.6 Å². The number of hydrogen-bond donors (Lipinski definition) is 3. The average molecular weight is 192 g/mol. The highest BCUT2D eigenvalue weighted by Crippen LogP contribution is 2.28. The summed E-state index contributed by atoms with van der Waals surface area (Å²) in [4.78, 5) is 0. The van der Waals surface area contributed by atoms with E-state index >= 15 is 0 Å². The third-order valence-corrected chi connectivity index (χ3v) is 2.74. The summed E-state index contributed by atoms with van der Waals surface area (Å²) in [5, 5.41) is 16.3. The van der Waals surface area contributed by atoms with Crippen LogP contribution in [0, 0.1) is 0 Å². The van der Waals surface area contributed by atoms with Crippen molar-refractivity contribution in [2.75, 3.05) is 20.1 Å². The summed E-state index contributed by atoms with van der Waals surface area (Å²) in [5.41, 5.74) is 2.33. The minimum atomic E-state index is 0.329. The van der Waals surface area contributed by atoms with Gasteiger partial charge in [-0.05, 0) is 37.2 Å². The Balaban J connectivity index is 2.34. The second-order valence-electron chi connectivity index (χ2n) is 3.66. The SMILES string of the molecule is CNCC1NCCc2c(O)cccc21. The van der Waals surface area contributed by atoms with Crippen LogP contribution in [0.2, 0.25) is 0 Å². The molecule has 0 aliphatic carbocycles. The quantitative estimate of drug-likeness (QED) is 0.649. The molecular formula is C11H16N2O. The van der Waals surface area contributed by atoms with Crippen molar-refractivity contribution in [3.63, 3.8) is 0 Å². The van der Waals surface area contributed by atoms with Gasteiger partial charge in [-0.2, -0.15) is 0 Å². The molecule has 76 valence electrons. The number of benzene rings is 1. The fourth-order valence-electron chi connectivity index (χ4n) is 2.06. The van der Waals surface area contributed by atoms with Crippen LogP contribution in [-0.2, 0) is 6.42 Å². The molecule has 0 aromatic heterocycles. The van der Waals surface area contributed by atoms with Gasteiger partial charge in [-0.25, -0.2) is 0 Å².